The highest BCUT2D eigenvalue weighted by Gasteiger charge is 2.13. The maximum Gasteiger partial charge on any atom is 0.252 e. The van der Waals surface area contributed by atoms with Crippen LogP contribution in [0.2, 0.25) is 0 Å². The lowest BCUT2D eigenvalue weighted by Gasteiger charge is -2.26. The molecule has 5 nitrogen and oxygen atoms in total. The van der Waals surface area contributed by atoms with Gasteiger partial charge >= 0.3 is 0 Å². The Labute approximate surface area is 195 Å². The van der Waals surface area contributed by atoms with Crippen LogP contribution in [0, 0.1) is 0 Å². The third-order valence-electron chi connectivity index (χ3n) is 5.71. The summed E-state index contributed by atoms with van der Waals surface area (Å²) in [6.07, 6.45) is 1.92. The van der Waals surface area contributed by atoms with Crippen LogP contribution in [0.5, 0.6) is 5.75 Å². The quantitative estimate of drug-likeness (QED) is 0.415. The summed E-state index contributed by atoms with van der Waals surface area (Å²) in [5.41, 5.74) is 4.79. The summed E-state index contributed by atoms with van der Waals surface area (Å²) in [6.45, 7) is 4.87. The number of ether oxygens (including phenoxy) is 2. The smallest absolute Gasteiger partial charge is 0.252 e. The maximum atomic E-state index is 13.2. The van der Waals surface area contributed by atoms with Gasteiger partial charge in [-0.25, -0.2) is 0 Å². The van der Waals surface area contributed by atoms with Crippen LogP contribution in [-0.4, -0.2) is 44.2 Å². The second kappa shape index (κ2) is 11.5. The van der Waals surface area contributed by atoms with Crippen molar-refractivity contribution in [2.75, 3.05) is 33.4 Å². The fourth-order valence-electron chi connectivity index (χ4n) is 3.90. The van der Waals surface area contributed by atoms with Crippen molar-refractivity contribution in [3.63, 3.8) is 0 Å². The second-order valence-electron chi connectivity index (χ2n) is 8.09. The van der Waals surface area contributed by atoms with Gasteiger partial charge in [-0.3, -0.25) is 9.69 Å². The molecule has 0 aliphatic carbocycles. The van der Waals surface area contributed by atoms with Crippen LogP contribution in [0.4, 0.5) is 0 Å². The number of nitrogens with zero attached hydrogens (tertiary/aromatic N) is 1. The number of methoxy groups -OCH3 is 1. The lowest BCUT2D eigenvalue weighted by molar-refractivity contribution is -0.115. The third kappa shape index (κ3) is 6.54. The average Bonchev–Trinajstić information content (AvgIpc) is 2.87. The van der Waals surface area contributed by atoms with Crippen LogP contribution < -0.4 is 10.1 Å². The average molecular weight is 443 g/mol. The highest BCUT2D eigenvalue weighted by Crippen LogP contribution is 2.21. The molecular weight excluding hydrogens is 412 g/mol. The molecule has 1 aliphatic rings. The molecular formula is C28H30N2O3. The summed E-state index contributed by atoms with van der Waals surface area (Å²) >= 11 is 0. The van der Waals surface area contributed by atoms with Crippen LogP contribution in [0.1, 0.15) is 22.3 Å². The minimum Gasteiger partial charge on any atom is -0.497 e. The molecule has 33 heavy (non-hydrogen) atoms. The van der Waals surface area contributed by atoms with Crippen molar-refractivity contribution in [2.45, 2.75) is 13.1 Å². The largest absolute Gasteiger partial charge is 0.497 e. The zero-order chi connectivity index (χ0) is 22.9. The SMILES string of the molecule is COc1ccc(/C=C(/C(=O)NCc2cccc(CN3CCOCC3)c2)c2ccccc2)cc1. The summed E-state index contributed by atoms with van der Waals surface area (Å²) in [7, 11) is 1.64. The number of carbonyl (C=O) groups is 1. The molecule has 5 heteroatoms. The molecule has 0 spiro atoms. The summed E-state index contributed by atoms with van der Waals surface area (Å²) in [5, 5.41) is 3.11. The molecule has 3 aromatic carbocycles. The number of nitrogens with one attached hydrogen (secondary N) is 1. The molecule has 0 bridgehead atoms. The molecule has 0 radical (unpaired) electrons. The Morgan fingerprint density at radius 2 is 1.70 bits per heavy atom. The molecule has 0 saturated carbocycles. The Hall–Kier alpha value is -3.41. The molecule has 1 heterocycles. The molecule has 170 valence electrons. The highest BCUT2D eigenvalue weighted by molar-refractivity contribution is 6.24. The van der Waals surface area contributed by atoms with E-state index in [1.54, 1.807) is 7.11 Å². The lowest BCUT2D eigenvalue weighted by Crippen LogP contribution is -2.35. The summed E-state index contributed by atoms with van der Waals surface area (Å²) in [4.78, 5) is 15.6. The predicted octanol–water partition coefficient (Wildman–Crippen LogP) is 4.38. The van der Waals surface area contributed by atoms with Crippen molar-refractivity contribution in [3.8, 4) is 5.75 Å². The highest BCUT2D eigenvalue weighted by atomic mass is 16.5. The number of amides is 1. The van der Waals surface area contributed by atoms with Crippen LogP contribution in [0.15, 0.2) is 78.9 Å². The van der Waals surface area contributed by atoms with Gasteiger partial charge in [-0.2, -0.15) is 0 Å². The van der Waals surface area contributed by atoms with Gasteiger partial charge in [0.25, 0.3) is 5.91 Å². The molecule has 4 rings (SSSR count). The summed E-state index contributed by atoms with van der Waals surface area (Å²) in [5.74, 6) is 0.686. The van der Waals surface area contributed by atoms with Crippen molar-refractivity contribution in [2.24, 2.45) is 0 Å². The van der Waals surface area contributed by atoms with Crippen molar-refractivity contribution in [1.82, 2.24) is 10.2 Å². The number of benzene rings is 3. The monoisotopic (exact) mass is 442 g/mol. The normalized spacial score (nSPS) is 14.6. The summed E-state index contributed by atoms with van der Waals surface area (Å²) < 4.78 is 10.7. The van der Waals surface area contributed by atoms with Crippen LogP contribution in [-0.2, 0) is 22.6 Å². The van der Waals surface area contributed by atoms with E-state index >= 15 is 0 Å². The van der Waals surface area contributed by atoms with Gasteiger partial charge in [0, 0.05) is 31.8 Å². The first-order chi connectivity index (χ1) is 16.2. The van der Waals surface area contributed by atoms with Crippen molar-refractivity contribution in [3.05, 3.63) is 101 Å². The van der Waals surface area contributed by atoms with Gasteiger partial charge in [0.2, 0.25) is 0 Å². The molecule has 1 saturated heterocycles. The van der Waals surface area contributed by atoms with Crippen LogP contribution in [0.3, 0.4) is 0 Å². The van der Waals surface area contributed by atoms with E-state index in [-0.39, 0.29) is 5.91 Å². The molecule has 3 aromatic rings. The van der Waals surface area contributed by atoms with E-state index in [1.165, 1.54) is 5.56 Å². The number of carbonyl (C=O) groups excluding carboxylic acids is 1. The Kier molecular flexibility index (Phi) is 7.90. The van der Waals surface area contributed by atoms with E-state index in [1.807, 2.05) is 60.7 Å². The fourth-order valence-corrected chi connectivity index (χ4v) is 3.90. The molecule has 1 aliphatic heterocycles. The van der Waals surface area contributed by atoms with Crippen molar-refractivity contribution >= 4 is 17.6 Å². The minimum atomic E-state index is -0.101. The number of morpholine rings is 1. The third-order valence-corrected chi connectivity index (χ3v) is 5.71. The van der Waals surface area contributed by atoms with E-state index in [4.69, 9.17) is 9.47 Å². The Morgan fingerprint density at radius 3 is 2.42 bits per heavy atom. The van der Waals surface area contributed by atoms with Gasteiger partial charge in [0.15, 0.2) is 0 Å². The molecule has 0 atom stereocenters. The second-order valence-corrected chi connectivity index (χ2v) is 8.09. The first-order valence-corrected chi connectivity index (χ1v) is 11.3. The van der Waals surface area contributed by atoms with Gasteiger partial charge in [0.05, 0.1) is 20.3 Å². The fraction of sp³-hybridized carbons (Fsp3) is 0.250. The zero-order valence-corrected chi connectivity index (χ0v) is 19.0. The summed E-state index contributed by atoms with van der Waals surface area (Å²) in [6, 6.07) is 25.9. The topological polar surface area (TPSA) is 50.8 Å². The molecule has 1 amide bonds. The van der Waals surface area contributed by atoms with E-state index in [2.05, 4.69) is 34.5 Å². The maximum absolute atomic E-state index is 13.2. The van der Waals surface area contributed by atoms with Gasteiger partial charge in [-0.1, -0.05) is 66.7 Å². The van der Waals surface area contributed by atoms with E-state index in [9.17, 15) is 4.79 Å². The predicted molar refractivity (Wildman–Crippen MR) is 132 cm³/mol. The minimum absolute atomic E-state index is 0.101. The lowest BCUT2D eigenvalue weighted by atomic mass is 10.0. The number of hydrogen-bond acceptors (Lipinski definition) is 4. The van der Waals surface area contributed by atoms with E-state index in [0.717, 1.165) is 55.3 Å². The molecule has 1 N–H and O–H groups in total. The first-order valence-electron chi connectivity index (χ1n) is 11.3. The van der Waals surface area contributed by atoms with Gasteiger partial charge < -0.3 is 14.8 Å². The molecule has 0 aromatic heterocycles. The van der Waals surface area contributed by atoms with Crippen molar-refractivity contribution in [1.29, 1.82) is 0 Å². The van der Waals surface area contributed by atoms with Crippen LogP contribution in [0.25, 0.3) is 11.6 Å². The Morgan fingerprint density at radius 1 is 0.970 bits per heavy atom. The van der Waals surface area contributed by atoms with Gasteiger partial charge in [-0.15, -0.1) is 0 Å². The Balaban J connectivity index is 1.47. The zero-order valence-electron chi connectivity index (χ0n) is 19.0. The molecule has 0 unspecified atom stereocenters. The van der Waals surface area contributed by atoms with E-state index in [0.29, 0.717) is 12.1 Å². The van der Waals surface area contributed by atoms with Gasteiger partial charge in [0.1, 0.15) is 5.75 Å². The van der Waals surface area contributed by atoms with Crippen LogP contribution >= 0.6 is 0 Å². The van der Waals surface area contributed by atoms with Gasteiger partial charge in [-0.05, 0) is 40.5 Å². The van der Waals surface area contributed by atoms with Crippen molar-refractivity contribution < 1.29 is 14.3 Å². The Bertz CT molecular complexity index is 1070. The number of hydrogen-bond donors (Lipinski definition) is 1. The molecule has 1 fully saturated rings. The first kappa shape index (κ1) is 22.8. The standard InChI is InChI=1S/C28H30N2O3/c1-32-26-12-10-22(11-13-26)19-27(25-8-3-2-4-9-25)28(31)29-20-23-6-5-7-24(18-23)21-30-14-16-33-17-15-30/h2-13,18-19H,14-17,20-21H2,1H3,(H,29,31)/b27-19+. The van der Waals surface area contributed by atoms with E-state index < -0.39 is 0 Å². The number of rotatable bonds is 8.